The lowest BCUT2D eigenvalue weighted by atomic mass is 10.1. The molecule has 0 unspecified atom stereocenters. The lowest BCUT2D eigenvalue weighted by Gasteiger charge is -2.28. The molecule has 0 bridgehead atoms. The fourth-order valence-corrected chi connectivity index (χ4v) is 6.97. The van der Waals surface area contributed by atoms with Crippen molar-refractivity contribution in [3.63, 3.8) is 0 Å². The minimum absolute atomic E-state index is 0.106. The molecule has 0 aliphatic carbocycles. The van der Waals surface area contributed by atoms with Gasteiger partial charge in [-0.25, -0.2) is 19.4 Å². The van der Waals surface area contributed by atoms with Crippen LogP contribution in [0.3, 0.4) is 0 Å². The number of carbonyl (C=O) groups is 1. The molecule has 5 heterocycles. The van der Waals surface area contributed by atoms with E-state index in [1.54, 1.807) is 18.3 Å². The van der Waals surface area contributed by atoms with Gasteiger partial charge in [-0.2, -0.15) is 13.5 Å². The zero-order valence-electron chi connectivity index (χ0n) is 19.7. The Morgan fingerprint density at radius 3 is 2.87 bits per heavy atom. The van der Waals surface area contributed by atoms with E-state index in [4.69, 9.17) is 19.9 Å². The number of benzene rings is 1. The zero-order valence-corrected chi connectivity index (χ0v) is 21.4. The predicted octanol–water partition coefficient (Wildman–Crippen LogP) is 2.63. The molecular weight excluding hydrogens is 530 g/mol. The summed E-state index contributed by atoms with van der Waals surface area (Å²) < 4.78 is 34.4. The largest absolute Gasteiger partial charge is 0.378 e. The highest BCUT2D eigenvalue weighted by Gasteiger charge is 2.25. The van der Waals surface area contributed by atoms with Crippen LogP contribution in [-0.2, 0) is 19.6 Å². The molecule has 4 aromatic heterocycles. The Labute approximate surface area is 220 Å². The summed E-state index contributed by atoms with van der Waals surface area (Å²) >= 11 is 1.11. The van der Waals surface area contributed by atoms with Crippen molar-refractivity contribution in [1.82, 2.24) is 29.6 Å². The van der Waals surface area contributed by atoms with Crippen molar-refractivity contribution in [2.24, 2.45) is 0 Å². The van der Waals surface area contributed by atoms with E-state index in [9.17, 15) is 13.2 Å². The molecule has 1 aliphatic rings. The minimum atomic E-state index is -3.95. The second-order valence-corrected chi connectivity index (χ2v) is 11.6. The molecule has 1 fully saturated rings. The first-order valence-corrected chi connectivity index (χ1v) is 13.8. The summed E-state index contributed by atoms with van der Waals surface area (Å²) in [5, 5.41) is 16.6. The zero-order chi connectivity index (χ0) is 26.3. The van der Waals surface area contributed by atoms with Gasteiger partial charge in [0, 0.05) is 42.5 Å². The monoisotopic (exact) mass is 551 g/mol. The molecule has 0 atom stereocenters. The van der Waals surface area contributed by atoms with E-state index in [2.05, 4.69) is 15.1 Å². The van der Waals surface area contributed by atoms with E-state index < -0.39 is 15.9 Å². The van der Waals surface area contributed by atoms with Gasteiger partial charge in [-0.3, -0.25) is 15.1 Å². The van der Waals surface area contributed by atoms with Crippen LogP contribution in [0, 0.1) is 0 Å². The second-order valence-electron chi connectivity index (χ2n) is 8.48. The van der Waals surface area contributed by atoms with E-state index in [-0.39, 0.29) is 4.21 Å². The fourth-order valence-electron chi connectivity index (χ4n) is 4.25. The summed E-state index contributed by atoms with van der Waals surface area (Å²) in [6.45, 7) is 2.33. The van der Waals surface area contributed by atoms with Crippen LogP contribution in [0.1, 0.15) is 5.56 Å². The van der Waals surface area contributed by atoms with E-state index in [0.717, 1.165) is 37.9 Å². The number of nitrogens with zero attached hydrogens (tertiary/aromatic N) is 5. The highest BCUT2D eigenvalue weighted by atomic mass is 32.2. The lowest BCUT2D eigenvalue weighted by Crippen LogP contribution is -2.36. The number of ether oxygens (including phenoxy) is 1. The van der Waals surface area contributed by atoms with E-state index in [1.807, 2.05) is 18.2 Å². The summed E-state index contributed by atoms with van der Waals surface area (Å²) in [4.78, 5) is 23.0. The van der Waals surface area contributed by atoms with Gasteiger partial charge < -0.3 is 9.64 Å². The Morgan fingerprint density at radius 2 is 2.05 bits per heavy atom. The van der Waals surface area contributed by atoms with Crippen molar-refractivity contribution in [3.05, 3.63) is 60.6 Å². The summed E-state index contributed by atoms with van der Waals surface area (Å²) in [5.74, 6) is 0.413. The number of amides is 1. The number of fused-ring (bicyclic) bond motifs is 2. The van der Waals surface area contributed by atoms with Gasteiger partial charge in [-0.05, 0) is 29.8 Å². The molecule has 3 N–H and O–H groups in total. The third-order valence-corrected chi connectivity index (χ3v) is 9.33. The fraction of sp³-hybridized carbons (Fsp3) is 0.167. The number of thiophene rings is 1. The Hall–Kier alpha value is -4.11. The second kappa shape index (κ2) is 9.64. The van der Waals surface area contributed by atoms with Gasteiger partial charge in [-0.15, -0.1) is 11.3 Å². The highest BCUT2D eigenvalue weighted by molar-refractivity contribution is 7.92. The topological polar surface area (TPSA) is 155 Å². The maximum atomic E-state index is 13.5. The van der Waals surface area contributed by atoms with Crippen LogP contribution in [0.25, 0.3) is 38.6 Å². The first-order chi connectivity index (χ1) is 18.4. The lowest BCUT2D eigenvalue weighted by molar-refractivity contribution is -0.124. The predicted molar refractivity (Wildman–Crippen MR) is 142 cm³/mol. The molecule has 5 aromatic rings. The normalized spacial score (nSPS) is 14.6. The quantitative estimate of drug-likeness (QED) is 0.164. The molecule has 14 heteroatoms. The van der Waals surface area contributed by atoms with Gasteiger partial charge in [0.15, 0.2) is 11.6 Å². The maximum Gasteiger partial charge on any atom is 0.277 e. The van der Waals surface area contributed by atoms with E-state index in [1.165, 1.54) is 23.9 Å². The van der Waals surface area contributed by atoms with Crippen molar-refractivity contribution < 1.29 is 23.2 Å². The van der Waals surface area contributed by atoms with Crippen LogP contribution in [0.4, 0.5) is 5.82 Å². The number of aromatic nitrogens is 5. The summed E-state index contributed by atoms with van der Waals surface area (Å²) in [7, 11) is -3.95. The third kappa shape index (κ3) is 4.32. The summed E-state index contributed by atoms with van der Waals surface area (Å²) in [5.41, 5.74) is 4.12. The van der Waals surface area contributed by atoms with Crippen molar-refractivity contribution in [1.29, 1.82) is 0 Å². The average molecular weight is 552 g/mol. The van der Waals surface area contributed by atoms with Crippen LogP contribution in [0.15, 0.2) is 59.2 Å². The molecule has 194 valence electrons. The molecule has 1 aliphatic heterocycles. The first-order valence-electron chi connectivity index (χ1n) is 11.6. The Bertz CT molecular complexity index is 1800. The van der Waals surface area contributed by atoms with Crippen LogP contribution >= 0.6 is 11.3 Å². The highest BCUT2D eigenvalue weighted by Crippen LogP contribution is 2.38. The van der Waals surface area contributed by atoms with Crippen LogP contribution in [0.2, 0.25) is 0 Å². The van der Waals surface area contributed by atoms with Gasteiger partial charge in [0.1, 0.15) is 4.21 Å². The Kier molecular flexibility index (Phi) is 6.15. The number of morpholine rings is 1. The molecule has 0 radical (unpaired) electrons. The molecule has 0 spiro atoms. The number of anilines is 1. The number of H-pyrrole nitrogens is 1. The molecule has 6 rings (SSSR count). The van der Waals surface area contributed by atoms with Crippen molar-refractivity contribution in [3.8, 4) is 11.4 Å². The van der Waals surface area contributed by atoms with Crippen LogP contribution in [0.5, 0.6) is 0 Å². The number of hydrogen-bond donors (Lipinski definition) is 3. The summed E-state index contributed by atoms with van der Waals surface area (Å²) in [6, 6.07) is 8.84. The molecule has 0 saturated carbocycles. The number of rotatable bonds is 6. The van der Waals surface area contributed by atoms with Gasteiger partial charge in [0.05, 0.1) is 35.1 Å². The molecule has 1 amide bonds. The smallest absolute Gasteiger partial charge is 0.277 e. The Balaban J connectivity index is 1.46. The van der Waals surface area contributed by atoms with E-state index >= 15 is 0 Å². The molecule has 1 saturated heterocycles. The number of aromatic amines is 1. The third-order valence-electron chi connectivity index (χ3n) is 6.13. The molecular formula is C24H21N7O5S2. The number of carbonyl (C=O) groups excluding carboxylic acids is 1. The van der Waals surface area contributed by atoms with Crippen LogP contribution < -0.4 is 10.4 Å². The molecule has 12 nitrogen and oxygen atoms in total. The Morgan fingerprint density at radius 1 is 1.21 bits per heavy atom. The maximum absolute atomic E-state index is 13.5. The number of hydrogen-bond acceptors (Lipinski definition) is 10. The van der Waals surface area contributed by atoms with Gasteiger partial charge in [-0.1, -0.05) is 12.1 Å². The van der Waals surface area contributed by atoms with E-state index in [0.29, 0.717) is 53.7 Å². The minimum Gasteiger partial charge on any atom is -0.378 e. The standard InChI is InChI=1S/C24H21N7O5S2/c32-20(29-33)5-4-15-6-7-31(14-15)38(34,35)21-12-19-22(37-21)24(30-8-10-36-11-9-30)27-23(26-19)16-2-1-3-18-17(16)13-25-28-18/h1-7,12-14,33H,8-11H2,(H,25,28)(H,29,32)/b5-4+. The molecule has 1 aromatic carbocycles. The van der Waals surface area contributed by atoms with Crippen molar-refractivity contribution >= 4 is 60.3 Å². The van der Waals surface area contributed by atoms with Gasteiger partial charge >= 0.3 is 0 Å². The SMILES string of the molecule is O=C(/C=C/c1ccn(S(=O)(=O)c2cc3nc(-c4cccc5[nH]ncc45)nc(N4CCOCC4)c3s2)c1)NO. The number of hydroxylamine groups is 1. The van der Waals surface area contributed by atoms with Gasteiger partial charge in [0.25, 0.3) is 15.9 Å². The van der Waals surface area contributed by atoms with Crippen LogP contribution in [-0.4, -0.2) is 70.0 Å². The molecule has 38 heavy (non-hydrogen) atoms. The summed E-state index contributed by atoms with van der Waals surface area (Å²) in [6.07, 6.45) is 7.00. The first kappa shape index (κ1) is 24.2. The van der Waals surface area contributed by atoms with Crippen molar-refractivity contribution in [2.45, 2.75) is 4.21 Å². The van der Waals surface area contributed by atoms with Crippen molar-refractivity contribution in [2.75, 3.05) is 31.2 Å². The average Bonchev–Trinajstić information content (AvgIpc) is 3.71. The number of nitrogens with one attached hydrogen (secondary N) is 2. The van der Waals surface area contributed by atoms with Gasteiger partial charge in [0.2, 0.25) is 0 Å².